The van der Waals surface area contributed by atoms with Crippen LogP contribution in [0.5, 0.6) is 0 Å². The highest BCUT2D eigenvalue weighted by Gasteiger charge is 2.37. The first-order valence-corrected chi connectivity index (χ1v) is 13.1. The Balaban J connectivity index is 1.87. The van der Waals surface area contributed by atoms with Crippen LogP contribution in [0.3, 0.4) is 0 Å². The van der Waals surface area contributed by atoms with Crippen LogP contribution in [0.1, 0.15) is 51.4 Å². The van der Waals surface area contributed by atoms with E-state index in [2.05, 4.69) is 20.1 Å². The van der Waals surface area contributed by atoms with Gasteiger partial charge in [0.05, 0.1) is 29.1 Å². The van der Waals surface area contributed by atoms with Crippen molar-refractivity contribution in [3.05, 3.63) is 129 Å². The summed E-state index contributed by atoms with van der Waals surface area (Å²) in [6, 6.07) is 14.8. The number of hydrogen-bond acceptors (Lipinski definition) is 6. The van der Waals surface area contributed by atoms with E-state index in [0.717, 1.165) is 0 Å². The van der Waals surface area contributed by atoms with E-state index in [1.54, 1.807) is 48.5 Å². The van der Waals surface area contributed by atoms with Crippen molar-refractivity contribution in [2.24, 2.45) is 15.9 Å². The van der Waals surface area contributed by atoms with Crippen LogP contribution in [0, 0.1) is 0 Å². The van der Waals surface area contributed by atoms with Crippen LogP contribution < -0.4 is 5.84 Å². The van der Waals surface area contributed by atoms with E-state index in [-0.39, 0.29) is 41.8 Å². The van der Waals surface area contributed by atoms with E-state index >= 15 is 0 Å². The van der Waals surface area contributed by atoms with E-state index in [1.807, 2.05) is 0 Å². The summed E-state index contributed by atoms with van der Waals surface area (Å²) in [4.78, 5) is 12.9. The van der Waals surface area contributed by atoms with Crippen molar-refractivity contribution in [2.75, 3.05) is 6.61 Å². The molecule has 0 fully saturated rings. The second-order valence-electron chi connectivity index (χ2n) is 9.32. The number of alkyl halides is 6. The quantitative estimate of drug-likeness (QED) is 0.0910. The Morgan fingerprint density at radius 2 is 1.47 bits per heavy atom. The van der Waals surface area contributed by atoms with Gasteiger partial charge in [0.1, 0.15) is 5.71 Å². The molecule has 0 aliphatic carbocycles. The molecule has 0 saturated carbocycles. The first kappa shape index (κ1) is 31.6. The Hall–Kier alpha value is -4.29. The van der Waals surface area contributed by atoms with Crippen molar-refractivity contribution >= 4 is 23.0 Å². The minimum absolute atomic E-state index is 0.0137. The number of aliphatic hydroxyl groups is 1. The van der Waals surface area contributed by atoms with Gasteiger partial charge < -0.3 is 10.9 Å². The highest BCUT2D eigenvalue weighted by Crippen LogP contribution is 2.37. The van der Waals surface area contributed by atoms with Crippen molar-refractivity contribution in [1.82, 2.24) is 9.97 Å². The number of rotatable bonds is 9. The van der Waals surface area contributed by atoms with Crippen LogP contribution >= 0.6 is 11.6 Å². The van der Waals surface area contributed by atoms with Gasteiger partial charge in [0.2, 0.25) is 0 Å². The SMILES string of the molecule is NN=C(C(=NCc1cc(C(F)(F)F)cc(C(F)(F)F)c1)c1ccncc1)c1ncccc1C(CCO)c1ccccc1Cl. The number of hydrazone groups is 1. The first-order valence-electron chi connectivity index (χ1n) is 12.8. The van der Waals surface area contributed by atoms with E-state index in [9.17, 15) is 31.4 Å². The van der Waals surface area contributed by atoms with Crippen LogP contribution in [0.2, 0.25) is 5.02 Å². The zero-order chi connectivity index (χ0) is 31.2. The molecule has 2 aromatic heterocycles. The number of aliphatic hydroxyl groups excluding tert-OH is 1. The molecule has 0 saturated heterocycles. The Kier molecular flexibility index (Phi) is 9.82. The zero-order valence-electron chi connectivity index (χ0n) is 22.2. The summed E-state index contributed by atoms with van der Waals surface area (Å²) in [5, 5.41) is 14.3. The van der Waals surface area contributed by atoms with Crippen molar-refractivity contribution < 1.29 is 31.4 Å². The number of nitrogens with two attached hydrogens (primary N) is 1. The molecular formula is C30H24ClF6N5O. The van der Waals surface area contributed by atoms with Gasteiger partial charge >= 0.3 is 12.4 Å². The number of nitrogens with zero attached hydrogens (tertiary/aromatic N) is 4. The van der Waals surface area contributed by atoms with E-state index in [1.165, 1.54) is 18.6 Å². The van der Waals surface area contributed by atoms with E-state index in [4.69, 9.17) is 17.4 Å². The molecule has 4 aromatic rings. The molecule has 13 heteroatoms. The maximum Gasteiger partial charge on any atom is 0.416 e. The maximum atomic E-state index is 13.5. The molecule has 3 N–H and O–H groups in total. The number of halogens is 7. The predicted octanol–water partition coefficient (Wildman–Crippen LogP) is 7.03. The predicted molar refractivity (Wildman–Crippen MR) is 151 cm³/mol. The lowest BCUT2D eigenvalue weighted by atomic mass is 9.85. The molecule has 2 aromatic carbocycles. The summed E-state index contributed by atoms with van der Waals surface area (Å²) in [5.41, 5.74) is -1.30. The minimum Gasteiger partial charge on any atom is -0.396 e. The standard InChI is InChI=1S/C30H24ClF6N5O/c31-25-6-2-1-4-23(25)22(9-13-43)24-5-3-10-40-27(24)28(42-38)26(19-7-11-39-12-8-19)41-17-18-14-20(29(32,33)34)16-21(15-18)30(35,36)37/h1-8,10-12,14-16,22,43H,9,13,17,38H2. The van der Waals surface area contributed by atoms with Gasteiger partial charge in [-0.2, -0.15) is 31.4 Å². The number of hydrogen-bond donors (Lipinski definition) is 2. The molecule has 0 amide bonds. The highest BCUT2D eigenvalue weighted by atomic mass is 35.5. The Labute approximate surface area is 247 Å². The molecule has 1 atom stereocenters. The number of benzene rings is 2. The highest BCUT2D eigenvalue weighted by molar-refractivity contribution is 6.53. The van der Waals surface area contributed by atoms with Gasteiger partial charge in [0.15, 0.2) is 0 Å². The van der Waals surface area contributed by atoms with Gasteiger partial charge in [-0.3, -0.25) is 15.0 Å². The molecule has 4 rings (SSSR count). The smallest absolute Gasteiger partial charge is 0.396 e. The van der Waals surface area contributed by atoms with Crippen molar-refractivity contribution in [2.45, 2.75) is 31.2 Å². The lowest BCUT2D eigenvalue weighted by Gasteiger charge is -2.22. The van der Waals surface area contributed by atoms with Gasteiger partial charge in [-0.15, -0.1) is 0 Å². The summed E-state index contributed by atoms with van der Waals surface area (Å²) >= 11 is 6.49. The van der Waals surface area contributed by atoms with Crippen LogP contribution in [0.25, 0.3) is 0 Å². The molecule has 1 unspecified atom stereocenters. The number of aliphatic imine (C=N–C) groups is 1. The van der Waals surface area contributed by atoms with Crippen LogP contribution in [-0.4, -0.2) is 33.1 Å². The van der Waals surface area contributed by atoms with E-state index < -0.39 is 35.9 Å². The second-order valence-corrected chi connectivity index (χ2v) is 9.73. The fourth-order valence-electron chi connectivity index (χ4n) is 4.59. The Bertz CT molecular complexity index is 1590. The number of pyridine rings is 2. The van der Waals surface area contributed by atoms with E-state index in [0.29, 0.717) is 33.8 Å². The molecular weight excluding hydrogens is 596 g/mol. The van der Waals surface area contributed by atoms with Gasteiger partial charge in [-0.1, -0.05) is 35.9 Å². The third kappa shape index (κ3) is 7.57. The third-order valence-corrected chi connectivity index (χ3v) is 6.86. The van der Waals surface area contributed by atoms with Crippen molar-refractivity contribution in [1.29, 1.82) is 0 Å². The molecule has 224 valence electrons. The summed E-state index contributed by atoms with van der Waals surface area (Å²) in [6.45, 7) is -0.780. The lowest BCUT2D eigenvalue weighted by Crippen LogP contribution is -2.24. The van der Waals surface area contributed by atoms with Crippen molar-refractivity contribution in [3.63, 3.8) is 0 Å². The average Bonchev–Trinajstić information content (AvgIpc) is 2.98. The van der Waals surface area contributed by atoms with Crippen LogP contribution in [0.15, 0.2) is 95.4 Å². The molecule has 0 aliphatic heterocycles. The monoisotopic (exact) mass is 619 g/mol. The summed E-state index contributed by atoms with van der Waals surface area (Å²) in [7, 11) is 0. The third-order valence-electron chi connectivity index (χ3n) is 6.51. The zero-order valence-corrected chi connectivity index (χ0v) is 23.0. The molecule has 0 spiro atoms. The molecule has 43 heavy (non-hydrogen) atoms. The largest absolute Gasteiger partial charge is 0.416 e. The summed E-state index contributed by atoms with van der Waals surface area (Å²) < 4.78 is 80.8. The van der Waals surface area contributed by atoms with Gasteiger partial charge in [0.25, 0.3) is 0 Å². The fourth-order valence-corrected chi connectivity index (χ4v) is 4.86. The Morgan fingerprint density at radius 1 is 0.837 bits per heavy atom. The molecule has 0 aliphatic rings. The van der Waals surface area contributed by atoms with Gasteiger partial charge in [0, 0.05) is 41.7 Å². The Morgan fingerprint density at radius 3 is 2.05 bits per heavy atom. The fraction of sp³-hybridized carbons (Fsp3) is 0.200. The second kappa shape index (κ2) is 13.3. The average molecular weight is 620 g/mol. The summed E-state index contributed by atoms with van der Waals surface area (Å²) in [6.07, 6.45) is -5.45. The summed E-state index contributed by atoms with van der Waals surface area (Å²) in [5.74, 6) is 5.39. The first-order chi connectivity index (χ1) is 20.4. The lowest BCUT2D eigenvalue weighted by molar-refractivity contribution is -0.143. The van der Waals surface area contributed by atoms with Crippen LogP contribution in [0.4, 0.5) is 26.3 Å². The van der Waals surface area contributed by atoms with Crippen LogP contribution in [-0.2, 0) is 18.9 Å². The van der Waals surface area contributed by atoms with Gasteiger partial charge in [-0.25, -0.2) is 0 Å². The number of aromatic nitrogens is 2. The maximum absolute atomic E-state index is 13.5. The van der Waals surface area contributed by atoms with Crippen molar-refractivity contribution in [3.8, 4) is 0 Å². The molecule has 0 bridgehead atoms. The molecule has 2 heterocycles. The molecule has 6 nitrogen and oxygen atoms in total. The topological polar surface area (TPSA) is 96.8 Å². The minimum atomic E-state index is -5.01. The normalized spacial score (nSPS) is 13.7. The van der Waals surface area contributed by atoms with Gasteiger partial charge in [-0.05, 0) is 65.6 Å². The molecule has 0 radical (unpaired) electrons.